The van der Waals surface area contributed by atoms with Crippen LogP contribution in [0.25, 0.3) is 16.5 Å². The second kappa shape index (κ2) is 6.15. The first-order valence-corrected chi connectivity index (χ1v) is 7.36. The second-order valence-corrected chi connectivity index (χ2v) is 5.52. The van der Waals surface area contributed by atoms with Crippen LogP contribution in [0.3, 0.4) is 0 Å². The number of carbonyl (C=O) groups is 1. The summed E-state index contributed by atoms with van der Waals surface area (Å²) < 4.78 is 0. The molecule has 0 atom stereocenters. The molecular weight excluding hydrogens is 312 g/mol. The van der Waals surface area contributed by atoms with Gasteiger partial charge in [-0.3, -0.25) is 4.79 Å². The molecule has 0 aliphatic heterocycles. The lowest BCUT2D eigenvalue weighted by atomic mass is 10.0. The predicted octanol–water partition coefficient (Wildman–Crippen LogP) is 4.98. The summed E-state index contributed by atoms with van der Waals surface area (Å²) in [5, 5.41) is 22.3. The van der Waals surface area contributed by atoms with Crippen molar-refractivity contribution < 1.29 is 15.0 Å². The van der Waals surface area contributed by atoms with Gasteiger partial charge < -0.3 is 10.2 Å². The van der Waals surface area contributed by atoms with Crippen molar-refractivity contribution in [2.75, 3.05) is 0 Å². The molecule has 3 aromatic carbocycles. The summed E-state index contributed by atoms with van der Waals surface area (Å²) in [4.78, 5) is 12.3. The third kappa shape index (κ3) is 3.05. The zero-order valence-electron chi connectivity index (χ0n) is 12.0. The van der Waals surface area contributed by atoms with Crippen LogP contribution in [0.15, 0.2) is 66.7 Å². The van der Waals surface area contributed by atoms with Crippen LogP contribution in [-0.4, -0.2) is 16.0 Å². The minimum Gasteiger partial charge on any atom is -0.507 e. The van der Waals surface area contributed by atoms with Gasteiger partial charge in [-0.2, -0.15) is 0 Å². The number of hydrogen-bond acceptors (Lipinski definition) is 3. The summed E-state index contributed by atoms with van der Waals surface area (Å²) in [5.41, 5.74) is 0.618. The van der Waals surface area contributed by atoms with Crippen molar-refractivity contribution in [1.82, 2.24) is 0 Å². The highest BCUT2D eigenvalue weighted by atomic mass is 35.5. The standard InChI is InChI=1S/C19H13ClO3/c20-14-8-5-13(6-9-14)17(21)11-18(22)16-10-7-12-3-1-2-4-15(12)19(16)23/h1-11,21,23H. The largest absolute Gasteiger partial charge is 0.507 e. The molecule has 2 N–H and O–H groups in total. The molecular formula is C19H13ClO3. The number of carbonyl (C=O) groups excluding carboxylic acids is 1. The van der Waals surface area contributed by atoms with E-state index in [0.29, 0.717) is 16.0 Å². The number of fused-ring (bicyclic) bond motifs is 1. The van der Waals surface area contributed by atoms with Crippen LogP contribution in [0, 0.1) is 0 Å². The Hall–Kier alpha value is -2.78. The van der Waals surface area contributed by atoms with Crippen LogP contribution in [-0.2, 0) is 0 Å². The van der Waals surface area contributed by atoms with Gasteiger partial charge in [0.25, 0.3) is 0 Å². The van der Waals surface area contributed by atoms with Gasteiger partial charge in [0.2, 0.25) is 0 Å². The van der Waals surface area contributed by atoms with Crippen LogP contribution in [0.5, 0.6) is 5.75 Å². The lowest BCUT2D eigenvalue weighted by molar-refractivity contribution is 0.104. The van der Waals surface area contributed by atoms with E-state index in [1.54, 1.807) is 48.5 Å². The Balaban J connectivity index is 1.98. The molecule has 0 saturated carbocycles. The summed E-state index contributed by atoms with van der Waals surface area (Å²) in [5.74, 6) is -0.742. The van der Waals surface area contributed by atoms with E-state index in [4.69, 9.17) is 11.6 Å². The third-order valence-electron chi connectivity index (χ3n) is 3.57. The first-order valence-electron chi connectivity index (χ1n) is 6.98. The molecule has 3 aromatic rings. The second-order valence-electron chi connectivity index (χ2n) is 5.08. The summed E-state index contributed by atoms with van der Waals surface area (Å²) in [6.45, 7) is 0. The molecule has 4 heteroatoms. The molecule has 0 radical (unpaired) electrons. The molecule has 0 aromatic heterocycles. The van der Waals surface area contributed by atoms with Crippen LogP contribution in [0.2, 0.25) is 5.02 Å². The highest BCUT2D eigenvalue weighted by Gasteiger charge is 2.13. The van der Waals surface area contributed by atoms with Crippen LogP contribution >= 0.6 is 11.6 Å². The van der Waals surface area contributed by atoms with E-state index in [1.807, 2.05) is 12.1 Å². The smallest absolute Gasteiger partial charge is 0.193 e. The Morgan fingerprint density at radius 2 is 1.65 bits per heavy atom. The number of allylic oxidation sites excluding steroid dienone is 1. The fourth-order valence-corrected chi connectivity index (χ4v) is 2.49. The summed E-state index contributed by atoms with van der Waals surface area (Å²) in [6, 6.07) is 17.0. The topological polar surface area (TPSA) is 57.5 Å². The fourth-order valence-electron chi connectivity index (χ4n) is 2.36. The van der Waals surface area contributed by atoms with Gasteiger partial charge in [0.1, 0.15) is 11.5 Å². The van der Waals surface area contributed by atoms with E-state index >= 15 is 0 Å². The number of hydrogen-bond donors (Lipinski definition) is 2. The van der Waals surface area contributed by atoms with Crippen molar-refractivity contribution in [2.24, 2.45) is 0 Å². The Kier molecular flexibility index (Phi) is 4.04. The maximum Gasteiger partial charge on any atom is 0.193 e. The number of phenols is 1. The Morgan fingerprint density at radius 3 is 2.39 bits per heavy atom. The highest BCUT2D eigenvalue weighted by Crippen LogP contribution is 2.29. The Morgan fingerprint density at radius 1 is 0.957 bits per heavy atom. The molecule has 3 nitrogen and oxygen atoms in total. The van der Waals surface area contributed by atoms with Gasteiger partial charge in [0, 0.05) is 22.0 Å². The molecule has 0 heterocycles. The average molecular weight is 325 g/mol. The molecule has 114 valence electrons. The van der Waals surface area contributed by atoms with Gasteiger partial charge in [-0.05, 0) is 35.7 Å². The summed E-state index contributed by atoms with van der Waals surface area (Å²) in [6.07, 6.45) is 1.09. The number of halogens is 1. The minimum absolute atomic E-state index is 0.0896. The fraction of sp³-hybridized carbons (Fsp3) is 0. The van der Waals surface area contributed by atoms with E-state index < -0.39 is 5.78 Å². The molecule has 23 heavy (non-hydrogen) atoms. The predicted molar refractivity (Wildman–Crippen MR) is 92.0 cm³/mol. The van der Waals surface area contributed by atoms with Gasteiger partial charge in [-0.15, -0.1) is 0 Å². The van der Waals surface area contributed by atoms with Crippen LogP contribution in [0.1, 0.15) is 15.9 Å². The van der Waals surface area contributed by atoms with E-state index in [9.17, 15) is 15.0 Å². The van der Waals surface area contributed by atoms with Crippen LogP contribution < -0.4 is 0 Å². The molecule has 0 fully saturated rings. The number of phenolic OH excluding ortho intramolecular Hbond substituents is 1. The molecule has 0 spiro atoms. The van der Waals surface area contributed by atoms with Gasteiger partial charge >= 0.3 is 0 Å². The summed E-state index contributed by atoms with van der Waals surface area (Å²) >= 11 is 5.79. The van der Waals surface area contributed by atoms with Gasteiger partial charge in [-0.25, -0.2) is 0 Å². The molecule has 0 saturated heterocycles. The van der Waals surface area contributed by atoms with Crippen molar-refractivity contribution >= 4 is 33.9 Å². The molecule has 0 aliphatic rings. The van der Waals surface area contributed by atoms with Gasteiger partial charge in [0.05, 0.1) is 5.56 Å². The van der Waals surface area contributed by atoms with Crippen molar-refractivity contribution in [3.05, 3.63) is 82.9 Å². The number of aliphatic hydroxyl groups excluding tert-OH is 1. The molecule has 3 rings (SSSR count). The molecule has 0 amide bonds. The van der Waals surface area contributed by atoms with E-state index in [1.165, 1.54) is 0 Å². The number of ketones is 1. The Bertz CT molecular complexity index is 912. The van der Waals surface area contributed by atoms with Crippen molar-refractivity contribution in [3.8, 4) is 5.75 Å². The first-order chi connectivity index (χ1) is 11.1. The number of rotatable bonds is 3. The maximum atomic E-state index is 12.3. The van der Waals surface area contributed by atoms with E-state index in [0.717, 1.165) is 11.5 Å². The van der Waals surface area contributed by atoms with E-state index in [-0.39, 0.29) is 17.1 Å². The zero-order chi connectivity index (χ0) is 16.4. The third-order valence-corrected chi connectivity index (χ3v) is 3.83. The quantitative estimate of drug-likeness (QED) is 0.406. The molecule has 0 unspecified atom stereocenters. The minimum atomic E-state index is -0.472. The monoisotopic (exact) mass is 324 g/mol. The lowest BCUT2D eigenvalue weighted by Crippen LogP contribution is -1.97. The normalized spacial score (nSPS) is 11.6. The maximum absolute atomic E-state index is 12.3. The van der Waals surface area contributed by atoms with Crippen molar-refractivity contribution in [1.29, 1.82) is 0 Å². The zero-order valence-corrected chi connectivity index (χ0v) is 12.8. The Labute approximate surface area is 138 Å². The van der Waals surface area contributed by atoms with Crippen LogP contribution in [0.4, 0.5) is 0 Å². The van der Waals surface area contributed by atoms with Gasteiger partial charge in [-0.1, -0.05) is 41.9 Å². The SMILES string of the molecule is O=C(C=C(O)c1ccc(Cl)cc1)c1ccc2ccccc2c1O. The highest BCUT2D eigenvalue weighted by molar-refractivity contribution is 6.30. The number of aliphatic hydroxyl groups is 1. The summed E-state index contributed by atoms with van der Waals surface area (Å²) in [7, 11) is 0. The molecule has 0 bridgehead atoms. The van der Waals surface area contributed by atoms with Gasteiger partial charge in [0.15, 0.2) is 5.78 Å². The lowest BCUT2D eigenvalue weighted by Gasteiger charge is -2.06. The average Bonchev–Trinajstić information content (AvgIpc) is 2.56. The van der Waals surface area contributed by atoms with E-state index in [2.05, 4.69) is 0 Å². The van der Waals surface area contributed by atoms with Crippen molar-refractivity contribution in [3.63, 3.8) is 0 Å². The van der Waals surface area contributed by atoms with Crippen molar-refractivity contribution in [2.45, 2.75) is 0 Å². The molecule has 0 aliphatic carbocycles. The number of benzene rings is 3. The first kappa shape index (κ1) is 15.1. The number of aromatic hydroxyl groups is 1.